The standard InChI is InChI=1S/C13H15N5O2S3/c1-9-2-3-11(21-9)23(19,20)17-6-4-10(5-7-17)12-16-18-8-14-15-13(18)22-12/h2-3,8,10H,4-7H2,1H3. The van der Waals surface area contributed by atoms with Crippen LogP contribution in [-0.2, 0) is 10.0 Å². The highest BCUT2D eigenvalue weighted by atomic mass is 32.2. The summed E-state index contributed by atoms with van der Waals surface area (Å²) in [5.74, 6) is 0.290. The smallest absolute Gasteiger partial charge is 0.206 e. The number of sulfonamides is 1. The quantitative estimate of drug-likeness (QED) is 0.706. The Morgan fingerprint density at radius 1 is 1.22 bits per heavy atom. The zero-order chi connectivity index (χ0) is 16.0. The van der Waals surface area contributed by atoms with Crippen LogP contribution in [0, 0.1) is 6.92 Å². The monoisotopic (exact) mass is 369 g/mol. The lowest BCUT2D eigenvalue weighted by atomic mass is 9.99. The molecule has 4 heterocycles. The predicted octanol–water partition coefficient (Wildman–Crippen LogP) is 2.12. The Morgan fingerprint density at radius 2 is 2.00 bits per heavy atom. The molecule has 0 N–H and O–H groups in total. The summed E-state index contributed by atoms with van der Waals surface area (Å²) >= 11 is 2.86. The van der Waals surface area contributed by atoms with Gasteiger partial charge in [0.25, 0.3) is 10.0 Å². The van der Waals surface area contributed by atoms with Crippen molar-refractivity contribution in [3.63, 3.8) is 0 Å². The van der Waals surface area contributed by atoms with Gasteiger partial charge in [-0.2, -0.15) is 13.9 Å². The molecule has 1 fully saturated rings. The summed E-state index contributed by atoms with van der Waals surface area (Å²) in [4.78, 5) is 1.79. The minimum Gasteiger partial charge on any atom is -0.206 e. The Balaban J connectivity index is 1.49. The molecule has 122 valence electrons. The second-order valence-corrected chi connectivity index (χ2v) is 9.98. The van der Waals surface area contributed by atoms with Gasteiger partial charge in [0.15, 0.2) is 0 Å². The van der Waals surface area contributed by atoms with E-state index in [2.05, 4.69) is 15.3 Å². The molecule has 0 aliphatic carbocycles. The van der Waals surface area contributed by atoms with Gasteiger partial charge in [0.2, 0.25) is 4.96 Å². The van der Waals surface area contributed by atoms with E-state index in [4.69, 9.17) is 0 Å². The summed E-state index contributed by atoms with van der Waals surface area (Å²) in [6.45, 7) is 2.98. The number of hydrogen-bond acceptors (Lipinski definition) is 7. The van der Waals surface area contributed by atoms with Crippen LogP contribution in [0.4, 0.5) is 0 Å². The zero-order valence-electron chi connectivity index (χ0n) is 12.4. The predicted molar refractivity (Wildman–Crippen MR) is 88.4 cm³/mol. The largest absolute Gasteiger partial charge is 0.252 e. The second kappa shape index (κ2) is 5.62. The molecule has 1 saturated heterocycles. The van der Waals surface area contributed by atoms with E-state index in [0.717, 1.165) is 27.7 Å². The third-order valence-electron chi connectivity index (χ3n) is 4.02. The lowest BCUT2D eigenvalue weighted by Gasteiger charge is -2.29. The third kappa shape index (κ3) is 2.69. The highest BCUT2D eigenvalue weighted by molar-refractivity contribution is 7.91. The lowest BCUT2D eigenvalue weighted by Crippen LogP contribution is -2.37. The topological polar surface area (TPSA) is 80.5 Å². The number of fused-ring (bicyclic) bond motifs is 1. The van der Waals surface area contributed by atoms with Crippen LogP contribution in [0.5, 0.6) is 0 Å². The van der Waals surface area contributed by atoms with Gasteiger partial charge in [0.05, 0.1) is 0 Å². The SMILES string of the molecule is Cc1ccc(S(=O)(=O)N2CCC(c3nn4cnnc4s3)CC2)s1. The first kappa shape index (κ1) is 15.2. The van der Waals surface area contributed by atoms with E-state index in [1.807, 2.05) is 13.0 Å². The zero-order valence-corrected chi connectivity index (χ0v) is 14.9. The number of aromatic nitrogens is 4. The normalized spacial score (nSPS) is 18.0. The third-order valence-corrected chi connectivity index (χ3v) is 8.46. The minimum atomic E-state index is -3.35. The number of aryl methyl sites for hydroxylation is 1. The second-order valence-electron chi connectivity index (χ2n) is 5.54. The van der Waals surface area contributed by atoms with Gasteiger partial charge in [-0.3, -0.25) is 0 Å². The molecule has 1 aliphatic heterocycles. The van der Waals surface area contributed by atoms with E-state index in [-0.39, 0.29) is 0 Å². The van der Waals surface area contributed by atoms with E-state index in [0.29, 0.717) is 23.2 Å². The first-order valence-corrected chi connectivity index (χ1v) is 10.3. The molecule has 23 heavy (non-hydrogen) atoms. The molecule has 0 spiro atoms. The van der Waals surface area contributed by atoms with Gasteiger partial charge < -0.3 is 0 Å². The average Bonchev–Trinajstić information content (AvgIpc) is 3.22. The molecule has 0 unspecified atom stereocenters. The van der Waals surface area contributed by atoms with Crippen molar-refractivity contribution in [3.8, 4) is 0 Å². The summed E-state index contributed by atoms with van der Waals surface area (Å²) in [6, 6.07) is 3.55. The molecule has 0 radical (unpaired) electrons. The summed E-state index contributed by atoms with van der Waals surface area (Å²) < 4.78 is 29.0. The molecule has 3 aromatic rings. The molecule has 0 aromatic carbocycles. The van der Waals surface area contributed by atoms with E-state index < -0.39 is 10.0 Å². The number of thiophene rings is 1. The number of hydrogen-bond donors (Lipinski definition) is 0. The number of rotatable bonds is 3. The summed E-state index contributed by atoms with van der Waals surface area (Å²) in [6.07, 6.45) is 3.16. The minimum absolute atomic E-state index is 0.290. The number of piperidine rings is 1. The first-order chi connectivity index (χ1) is 11.0. The molecular weight excluding hydrogens is 354 g/mol. The van der Waals surface area contributed by atoms with Crippen LogP contribution in [0.1, 0.15) is 28.6 Å². The Labute approximate surface area is 141 Å². The van der Waals surface area contributed by atoms with E-state index in [9.17, 15) is 8.42 Å². The van der Waals surface area contributed by atoms with Crippen molar-refractivity contribution in [2.24, 2.45) is 0 Å². The van der Waals surface area contributed by atoms with Crippen LogP contribution < -0.4 is 0 Å². The maximum absolute atomic E-state index is 12.6. The maximum atomic E-state index is 12.6. The highest BCUT2D eigenvalue weighted by Gasteiger charge is 2.32. The molecule has 3 aromatic heterocycles. The molecule has 0 amide bonds. The molecule has 0 saturated carbocycles. The molecule has 1 aliphatic rings. The van der Waals surface area contributed by atoms with Crippen molar-refractivity contribution in [2.45, 2.75) is 29.9 Å². The van der Waals surface area contributed by atoms with E-state index >= 15 is 0 Å². The highest BCUT2D eigenvalue weighted by Crippen LogP contribution is 2.33. The van der Waals surface area contributed by atoms with Crippen molar-refractivity contribution in [2.75, 3.05) is 13.1 Å². The van der Waals surface area contributed by atoms with Crippen LogP contribution in [0.25, 0.3) is 4.96 Å². The van der Waals surface area contributed by atoms with Crippen LogP contribution in [-0.4, -0.2) is 45.6 Å². The van der Waals surface area contributed by atoms with Crippen molar-refractivity contribution in [1.29, 1.82) is 0 Å². The van der Waals surface area contributed by atoms with Crippen LogP contribution >= 0.6 is 22.7 Å². The van der Waals surface area contributed by atoms with Gasteiger partial charge in [0.1, 0.15) is 15.5 Å². The van der Waals surface area contributed by atoms with Gasteiger partial charge in [0, 0.05) is 23.9 Å². The van der Waals surface area contributed by atoms with Gasteiger partial charge in [-0.25, -0.2) is 8.42 Å². The Bertz CT molecular complexity index is 905. The fourth-order valence-corrected chi connectivity index (χ4v) is 6.66. The van der Waals surface area contributed by atoms with Crippen LogP contribution in [0.15, 0.2) is 22.7 Å². The lowest BCUT2D eigenvalue weighted by molar-refractivity contribution is 0.319. The van der Waals surface area contributed by atoms with E-state index in [1.165, 1.54) is 22.7 Å². The van der Waals surface area contributed by atoms with Crippen molar-refractivity contribution in [3.05, 3.63) is 28.3 Å². The van der Waals surface area contributed by atoms with E-state index in [1.54, 1.807) is 21.2 Å². The van der Waals surface area contributed by atoms with Crippen LogP contribution in [0.2, 0.25) is 0 Å². The summed E-state index contributed by atoms with van der Waals surface area (Å²) in [7, 11) is -3.35. The fourth-order valence-electron chi connectivity index (χ4n) is 2.76. The van der Waals surface area contributed by atoms with Gasteiger partial charge in [-0.15, -0.1) is 21.5 Å². The molecule has 0 atom stereocenters. The summed E-state index contributed by atoms with van der Waals surface area (Å²) in [5.41, 5.74) is 0. The Morgan fingerprint density at radius 3 is 2.65 bits per heavy atom. The molecule has 10 heteroatoms. The first-order valence-electron chi connectivity index (χ1n) is 7.27. The maximum Gasteiger partial charge on any atom is 0.252 e. The van der Waals surface area contributed by atoms with Gasteiger partial charge in [-0.05, 0) is 31.9 Å². The van der Waals surface area contributed by atoms with Crippen LogP contribution in [0.3, 0.4) is 0 Å². The average molecular weight is 369 g/mol. The number of nitrogens with zero attached hydrogens (tertiary/aromatic N) is 5. The van der Waals surface area contributed by atoms with Gasteiger partial charge in [-0.1, -0.05) is 11.3 Å². The molecule has 0 bridgehead atoms. The summed E-state index contributed by atoms with van der Waals surface area (Å²) in [5, 5.41) is 13.3. The molecule has 7 nitrogen and oxygen atoms in total. The Kier molecular flexibility index (Phi) is 3.71. The van der Waals surface area contributed by atoms with Gasteiger partial charge >= 0.3 is 0 Å². The molecule has 4 rings (SSSR count). The fraction of sp³-hybridized carbons (Fsp3) is 0.462. The Hall–Kier alpha value is -1.36. The molecular formula is C13H15N5O2S3. The van der Waals surface area contributed by atoms with Crippen molar-refractivity contribution >= 4 is 37.7 Å². The van der Waals surface area contributed by atoms with Crippen molar-refractivity contribution in [1.82, 2.24) is 24.1 Å². The van der Waals surface area contributed by atoms with Crippen molar-refractivity contribution < 1.29 is 8.42 Å².